The molecule has 3 unspecified atom stereocenters. The summed E-state index contributed by atoms with van der Waals surface area (Å²) in [6.45, 7) is 0. The van der Waals surface area contributed by atoms with E-state index in [1.54, 1.807) is 18.2 Å². The molecule has 2 aliphatic carbocycles. The van der Waals surface area contributed by atoms with Gasteiger partial charge in [-0.15, -0.1) is 0 Å². The third-order valence-electron chi connectivity index (χ3n) is 4.33. The van der Waals surface area contributed by atoms with Gasteiger partial charge >= 0.3 is 5.69 Å². The van der Waals surface area contributed by atoms with Gasteiger partial charge in [0.1, 0.15) is 11.4 Å². The van der Waals surface area contributed by atoms with Crippen molar-refractivity contribution in [3.05, 3.63) is 28.3 Å². The molecule has 5 nitrogen and oxygen atoms in total. The fraction of sp³-hybridized carbons (Fsp3) is 0.538. The molecule has 0 heterocycles. The predicted octanol–water partition coefficient (Wildman–Crippen LogP) is 2.78. The maximum atomic E-state index is 11.1. The Labute approximate surface area is 106 Å². The van der Waals surface area contributed by atoms with E-state index < -0.39 is 4.92 Å². The number of fused-ring (bicyclic) bond motifs is 2. The van der Waals surface area contributed by atoms with E-state index in [0.29, 0.717) is 17.6 Å². The summed E-state index contributed by atoms with van der Waals surface area (Å²) in [5, 5.41) is 14.4. The summed E-state index contributed by atoms with van der Waals surface area (Å²) in [5.41, 5.74) is 6.50. The van der Waals surface area contributed by atoms with Crippen molar-refractivity contribution < 1.29 is 4.92 Å². The zero-order valence-corrected chi connectivity index (χ0v) is 10.1. The summed E-state index contributed by atoms with van der Waals surface area (Å²) in [5.74, 6) is 1.49. The molecule has 18 heavy (non-hydrogen) atoms. The van der Waals surface area contributed by atoms with Gasteiger partial charge < -0.3 is 11.1 Å². The summed E-state index contributed by atoms with van der Waals surface area (Å²) >= 11 is 0. The molecule has 5 heteroatoms. The Balaban J connectivity index is 1.84. The topological polar surface area (TPSA) is 81.2 Å². The molecule has 1 aromatic carbocycles. The van der Waals surface area contributed by atoms with Crippen molar-refractivity contribution in [2.75, 3.05) is 11.1 Å². The van der Waals surface area contributed by atoms with Crippen LogP contribution in [-0.4, -0.2) is 11.0 Å². The van der Waals surface area contributed by atoms with E-state index in [1.807, 2.05) is 0 Å². The number of nitrogens with one attached hydrogen (secondary N) is 1. The van der Waals surface area contributed by atoms with Crippen LogP contribution in [0.15, 0.2) is 18.2 Å². The Kier molecular flexibility index (Phi) is 2.61. The molecule has 1 aromatic rings. The summed E-state index contributed by atoms with van der Waals surface area (Å²) in [6.07, 6.45) is 4.98. The predicted molar refractivity (Wildman–Crippen MR) is 70.4 cm³/mol. The standard InChI is InChI=1S/C13H17N3O2/c14-10-2-1-3-11(13(10)16(17)18)15-12-7-8-4-5-9(12)6-8/h1-3,8-9,12,15H,4-7,14H2. The Hall–Kier alpha value is -1.78. The monoisotopic (exact) mass is 247 g/mol. The highest BCUT2D eigenvalue weighted by Crippen LogP contribution is 2.46. The Morgan fingerprint density at radius 2 is 2.17 bits per heavy atom. The number of para-hydroxylation sites is 1. The summed E-state index contributed by atoms with van der Waals surface area (Å²) < 4.78 is 0. The molecule has 0 amide bonds. The number of benzene rings is 1. The van der Waals surface area contributed by atoms with Gasteiger partial charge in [-0.05, 0) is 43.2 Å². The molecule has 3 N–H and O–H groups in total. The highest BCUT2D eigenvalue weighted by molar-refractivity contribution is 5.74. The molecule has 3 rings (SSSR count). The number of rotatable bonds is 3. The minimum Gasteiger partial charge on any atom is -0.393 e. The first-order valence-electron chi connectivity index (χ1n) is 6.44. The summed E-state index contributed by atoms with van der Waals surface area (Å²) in [6, 6.07) is 5.46. The van der Waals surface area contributed by atoms with Crippen LogP contribution in [0, 0.1) is 22.0 Å². The highest BCUT2D eigenvalue weighted by atomic mass is 16.6. The lowest BCUT2D eigenvalue weighted by atomic mass is 9.95. The lowest BCUT2D eigenvalue weighted by Gasteiger charge is -2.24. The average molecular weight is 247 g/mol. The lowest BCUT2D eigenvalue weighted by molar-refractivity contribution is -0.383. The molecule has 2 fully saturated rings. The normalized spacial score (nSPS) is 29.4. The fourth-order valence-electron chi connectivity index (χ4n) is 3.50. The second kappa shape index (κ2) is 4.15. The van der Waals surface area contributed by atoms with Crippen molar-refractivity contribution in [2.45, 2.75) is 31.7 Å². The van der Waals surface area contributed by atoms with Gasteiger partial charge in [0.2, 0.25) is 0 Å². The number of nitrogen functional groups attached to an aromatic ring is 1. The van der Waals surface area contributed by atoms with Gasteiger partial charge in [0.05, 0.1) is 4.92 Å². The third kappa shape index (κ3) is 1.79. The minimum atomic E-state index is -0.398. The van der Waals surface area contributed by atoms with Crippen molar-refractivity contribution >= 4 is 17.1 Å². The van der Waals surface area contributed by atoms with Crippen LogP contribution in [0.3, 0.4) is 0 Å². The molecule has 0 aromatic heterocycles. The molecule has 0 radical (unpaired) electrons. The van der Waals surface area contributed by atoms with Crippen molar-refractivity contribution in [2.24, 2.45) is 11.8 Å². The molecule has 3 atom stereocenters. The largest absolute Gasteiger partial charge is 0.393 e. The van der Waals surface area contributed by atoms with Gasteiger partial charge in [0.25, 0.3) is 0 Å². The Morgan fingerprint density at radius 1 is 1.33 bits per heavy atom. The van der Waals surface area contributed by atoms with E-state index in [-0.39, 0.29) is 11.4 Å². The second-order valence-electron chi connectivity index (χ2n) is 5.43. The van der Waals surface area contributed by atoms with Crippen molar-refractivity contribution in [3.8, 4) is 0 Å². The van der Waals surface area contributed by atoms with E-state index in [9.17, 15) is 10.1 Å². The van der Waals surface area contributed by atoms with Crippen LogP contribution >= 0.6 is 0 Å². The van der Waals surface area contributed by atoms with E-state index in [4.69, 9.17) is 5.73 Å². The SMILES string of the molecule is Nc1cccc(NC2CC3CCC2C3)c1[N+](=O)[O-]. The fourth-order valence-corrected chi connectivity index (χ4v) is 3.50. The van der Waals surface area contributed by atoms with Crippen LogP contribution in [0.1, 0.15) is 25.7 Å². The molecule has 96 valence electrons. The van der Waals surface area contributed by atoms with E-state index in [0.717, 1.165) is 12.3 Å². The third-order valence-corrected chi connectivity index (χ3v) is 4.33. The van der Waals surface area contributed by atoms with Gasteiger partial charge in [-0.2, -0.15) is 0 Å². The Bertz CT molecular complexity index is 489. The van der Waals surface area contributed by atoms with Crippen LogP contribution in [0.5, 0.6) is 0 Å². The number of hydrogen-bond donors (Lipinski definition) is 2. The van der Waals surface area contributed by atoms with Gasteiger partial charge in [0, 0.05) is 6.04 Å². The average Bonchev–Trinajstić information content (AvgIpc) is 2.90. The van der Waals surface area contributed by atoms with Crippen LogP contribution in [0.2, 0.25) is 0 Å². The quantitative estimate of drug-likeness (QED) is 0.489. The van der Waals surface area contributed by atoms with Gasteiger partial charge in [-0.1, -0.05) is 12.5 Å². The smallest absolute Gasteiger partial charge is 0.314 e. The van der Waals surface area contributed by atoms with Crippen molar-refractivity contribution in [3.63, 3.8) is 0 Å². The highest BCUT2D eigenvalue weighted by Gasteiger charge is 2.40. The van der Waals surface area contributed by atoms with Crippen LogP contribution in [-0.2, 0) is 0 Å². The zero-order chi connectivity index (χ0) is 12.7. The van der Waals surface area contributed by atoms with Gasteiger partial charge in [0.15, 0.2) is 0 Å². The number of nitro groups is 1. The number of nitrogens with two attached hydrogens (primary N) is 1. The Morgan fingerprint density at radius 3 is 2.78 bits per heavy atom. The lowest BCUT2D eigenvalue weighted by Crippen LogP contribution is -2.26. The number of hydrogen-bond acceptors (Lipinski definition) is 4. The number of nitro benzene ring substituents is 1. The van der Waals surface area contributed by atoms with E-state index in [1.165, 1.54) is 19.3 Å². The molecule has 2 saturated carbocycles. The first kappa shape index (κ1) is 11.3. The minimum absolute atomic E-state index is 0.0141. The van der Waals surface area contributed by atoms with E-state index >= 15 is 0 Å². The molecule has 0 saturated heterocycles. The van der Waals surface area contributed by atoms with E-state index in [2.05, 4.69) is 5.32 Å². The number of anilines is 2. The van der Waals surface area contributed by atoms with Crippen LogP contribution in [0.25, 0.3) is 0 Å². The maximum Gasteiger partial charge on any atom is 0.314 e. The van der Waals surface area contributed by atoms with Crippen molar-refractivity contribution in [1.29, 1.82) is 0 Å². The van der Waals surface area contributed by atoms with Crippen molar-refractivity contribution in [1.82, 2.24) is 0 Å². The van der Waals surface area contributed by atoms with Crippen LogP contribution < -0.4 is 11.1 Å². The molecule has 2 aliphatic rings. The molecular weight excluding hydrogens is 230 g/mol. The van der Waals surface area contributed by atoms with Gasteiger partial charge in [-0.25, -0.2) is 0 Å². The van der Waals surface area contributed by atoms with Gasteiger partial charge in [-0.3, -0.25) is 10.1 Å². The molecule has 2 bridgehead atoms. The molecular formula is C13H17N3O2. The van der Waals surface area contributed by atoms with Crippen LogP contribution in [0.4, 0.5) is 17.1 Å². The zero-order valence-electron chi connectivity index (χ0n) is 10.1. The number of nitrogens with zero attached hydrogens (tertiary/aromatic N) is 1. The first-order chi connectivity index (χ1) is 8.65. The molecule has 0 spiro atoms. The second-order valence-corrected chi connectivity index (χ2v) is 5.43. The summed E-state index contributed by atoms with van der Waals surface area (Å²) in [7, 11) is 0. The summed E-state index contributed by atoms with van der Waals surface area (Å²) in [4.78, 5) is 10.7. The maximum absolute atomic E-state index is 11.1. The first-order valence-corrected chi connectivity index (χ1v) is 6.44. The molecule has 0 aliphatic heterocycles.